The lowest BCUT2D eigenvalue weighted by molar-refractivity contribution is -0.384. The summed E-state index contributed by atoms with van der Waals surface area (Å²) in [7, 11) is 0. The van der Waals surface area contributed by atoms with Crippen LogP contribution in [0.1, 0.15) is 15.9 Å². The van der Waals surface area contributed by atoms with E-state index in [-0.39, 0.29) is 11.3 Å². The minimum absolute atomic E-state index is 0.118. The first-order valence-corrected chi connectivity index (χ1v) is 7.14. The second kappa shape index (κ2) is 6.37. The van der Waals surface area contributed by atoms with Crippen LogP contribution in [-0.4, -0.2) is 22.8 Å². The van der Waals surface area contributed by atoms with Crippen molar-refractivity contribution >= 4 is 17.5 Å². The first-order valence-electron chi connectivity index (χ1n) is 7.14. The normalized spacial score (nSPS) is 15.1. The van der Waals surface area contributed by atoms with Gasteiger partial charge < -0.3 is 4.74 Å². The summed E-state index contributed by atoms with van der Waals surface area (Å²) in [6.45, 7) is 0. The third kappa shape index (κ3) is 3.17. The van der Waals surface area contributed by atoms with Crippen LogP contribution in [0.15, 0.2) is 48.5 Å². The molecule has 0 radical (unpaired) electrons. The van der Waals surface area contributed by atoms with Crippen molar-refractivity contribution < 1.29 is 19.2 Å². The quantitative estimate of drug-likeness (QED) is 0.653. The second-order valence-corrected chi connectivity index (χ2v) is 5.17. The number of carbonyl (C=O) groups excluding carboxylic acids is 2. The summed E-state index contributed by atoms with van der Waals surface area (Å²) in [6.07, 6.45) is -0.283. The van der Waals surface area contributed by atoms with E-state index in [2.05, 4.69) is 10.9 Å². The summed E-state index contributed by atoms with van der Waals surface area (Å²) < 4.78 is 5.51. The van der Waals surface area contributed by atoms with E-state index in [9.17, 15) is 19.7 Å². The van der Waals surface area contributed by atoms with Crippen LogP contribution in [0, 0.1) is 10.1 Å². The maximum atomic E-state index is 12.1. The molecule has 2 amide bonds. The van der Waals surface area contributed by atoms with E-state index in [0.717, 1.165) is 5.56 Å². The fraction of sp³-hybridized carbons (Fsp3) is 0.125. The number of nitrogens with one attached hydrogen (secondary N) is 2. The maximum Gasteiger partial charge on any atom is 0.279 e. The molecular weight excluding hydrogens is 314 g/mol. The predicted octanol–water partition coefficient (Wildman–Crippen LogP) is 1.36. The number of hydrazine groups is 1. The fourth-order valence-corrected chi connectivity index (χ4v) is 2.33. The average molecular weight is 327 g/mol. The molecule has 1 aliphatic rings. The van der Waals surface area contributed by atoms with E-state index in [1.807, 2.05) is 18.2 Å². The Morgan fingerprint density at radius 1 is 1.08 bits per heavy atom. The van der Waals surface area contributed by atoms with Crippen LogP contribution < -0.4 is 15.6 Å². The lowest BCUT2D eigenvalue weighted by Gasteiger charge is -2.12. The Bertz CT molecular complexity index is 779. The Morgan fingerprint density at radius 3 is 2.46 bits per heavy atom. The molecule has 0 aromatic heterocycles. The van der Waals surface area contributed by atoms with E-state index in [1.165, 1.54) is 24.3 Å². The van der Waals surface area contributed by atoms with Gasteiger partial charge in [0.25, 0.3) is 17.5 Å². The van der Waals surface area contributed by atoms with Gasteiger partial charge in [-0.2, -0.15) is 0 Å². The molecule has 0 saturated heterocycles. The monoisotopic (exact) mass is 327 g/mol. The van der Waals surface area contributed by atoms with Crippen molar-refractivity contribution in [2.45, 2.75) is 12.5 Å². The van der Waals surface area contributed by atoms with Crippen molar-refractivity contribution in [3.63, 3.8) is 0 Å². The number of fused-ring (bicyclic) bond motifs is 1. The highest BCUT2D eigenvalue weighted by atomic mass is 16.6. The molecule has 0 fully saturated rings. The van der Waals surface area contributed by atoms with Gasteiger partial charge in [-0.3, -0.25) is 30.6 Å². The molecule has 0 unspecified atom stereocenters. The number of para-hydroxylation sites is 1. The molecule has 24 heavy (non-hydrogen) atoms. The maximum absolute atomic E-state index is 12.1. The molecule has 0 bridgehead atoms. The van der Waals surface area contributed by atoms with Crippen molar-refractivity contribution in [2.75, 3.05) is 0 Å². The van der Waals surface area contributed by atoms with E-state index in [4.69, 9.17) is 4.74 Å². The molecule has 1 heterocycles. The van der Waals surface area contributed by atoms with E-state index in [0.29, 0.717) is 12.2 Å². The molecule has 0 spiro atoms. The van der Waals surface area contributed by atoms with E-state index < -0.39 is 22.8 Å². The van der Waals surface area contributed by atoms with Gasteiger partial charge in [0.05, 0.1) is 4.92 Å². The van der Waals surface area contributed by atoms with Crippen LogP contribution in [0.4, 0.5) is 5.69 Å². The topological polar surface area (TPSA) is 111 Å². The third-order valence-electron chi connectivity index (χ3n) is 3.58. The number of hydrogen-bond donors (Lipinski definition) is 2. The highest BCUT2D eigenvalue weighted by Gasteiger charge is 2.29. The van der Waals surface area contributed by atoms with Gasteiger partial charge in [0.2, 0.25) is 0 Å². The molecular formula is C16H13N3O5. The Balaban J connectivity index is 1.55. The molecule has 2 aromatic rings. The molecule has 1 aliphatic heterocycles. The Labute approximate surface area is 136 Å². The number of nitro benzene ring substituents is 1. The summed E-state index contributed by atoms with van der Waals surface area (Å²) >= 11 is 0. The van der Waals surface area contributed by atoms with E-state index in [1.54, 1.807) is 6.07 Å². The zero-order valence-corrected chi connectivity index (χ0v) is 12.4. The number of rotatable bonds is 3. The molecule has 1 atom stereocenters. The predicted molar refractivity (Wildman–Crippen MR) is 83.3 cm³/mol. The summed E-state index contributed by atoms with van der Waals surface area (Å²) in [5, 5.41) is 10.6. The first-order chi connectivity index (χ1) is 11.5. The summed E-state index contributed by atoms with van der Waals surface area (Å²) in [5.41, 5.74) is 5.56. The molecule has 8 heteroatoms. The molecule has 0 aliphatic carbocycles. The van der Waals surface area contributed by atoms with Gasteiger partial charge in [0.1, 0.15) is 5.75 Å². The standard InChI is InChI=1S/C16H13N3O5/c20-15(10-5-7-12(8-6-10)19(22)23)17-18-16(21)14-9-11-3-1-2-4-13(11)24-14/h1-8,14H,9H2,(H,17,20)(H,18,21)/t14-/m0/s1. The highest BCUT2D eigenvalue weighted by molar-refractivity contribution is 5.96. The molecule has 2 N–H and O–H groups in total. The van der Waals surface area contributed by atoms with Crippen molar-refractivity contribution in [2.24, 2.45) is 0 Å². The fourth-order valence-electron chi connectivity index (χ4n) is 2.33. The number of non-ortho nitro benzene ring substituents is 1. The highest BCUT2D eigenvalue weighted by Crippen LogP contribution is 2.27. The van der Waals surface area contributed by atoms with Crippen molar-refractivity contribution in [1.82, 2.24) is 10.9 Å². The Morgan fingerprint density at radius 2 is 1.79 bits per heavy atom. The first kappa shape index (κ1) is 15.5. The van der Waals surface area contributed by atoms with Crippen LogP contribution in [-0.2, 0) is 11.2 Å². The average Bonchev–Trinajstić information content (AvgIpc) is 3.03. The number of nitro groups is 1. The van der Waals surface area contributed by atoms with E-state index >= 15 is 0 Å². The summed E-state index contributed by atoms with van der Waals surface area (Å²) in [6, 6.07) is 12.4. The lowest BCUT2D eigenvalue weighted by Crippen LogP contribution is -2.47. The Kier molecular flexibility index (Phi) is 4.11. The Hall–Kier alpha value is -3.42. The number of hydrogen-bond acceptors (Lipinski definition) is 5. The van der Waals surface area contributed by atoms with Crippen molar-refractivity contribution in [1.29, 1.82) is 0 Å². The number of amides is 2. The van der Waals surface area contributed by atoms with Gasteiger partial charge in [-0.15, -0.1) is 0 Å². The molecule has 2 aromatic carbocycles. The SMILES string of the molecule is O=C(NNC(=O)[C@@H]1Cc2ccccc2O1)c1ccc([N+](=O)[O-])cc1. The molecule has 0 saturated carbocycles. The zero-order chi connectivity index (χ0) is 17.1. The van der Waals surface area contributed by atoms with Gasteiger partial charge in [-0.05, 0) is 23.8 Å². The van der Waals surface area contributed by atoms with Gasteiger partial charge in [-0.25, -0.2) is 0 Å². The van der Waals surface area contributed by atoms with Gasteiger partial charge in [0, 0.05) is 24.1 Å². The summed E-state index contributed by atoms with van der Waals surface area (Å²) in [5.74, 6) is -0.394. The minimum Gasteiger partial charge on any atom is -0.480 e. The van der Waals surface area contributed by atoms with Crippen LogP contribution in [0.2, 0.25) is 0 Å². The number of ether oxygens (including phenoxy) is 1. The third-order valence-corrected chi connectivity index (χ3v) is 3.58. The molecule has 122 valence electrons. The van der Waals surface area contributed by atoms with Gasteiger partial charge in [-0.1, -0.05) is 18.2 Å². The van der Waals surface area contributed by atoms with Crippen LogP contribution in [0.5, 0.6) is 5.75 Å². The largest absolute Gasteiger partial charge is 0.480 e. The second-order valence-electron chi connectivity index (χ2n) is 5.17. The minimum atomic E-state index is -0.709. The number of benzene rings is 2. The van der Waals surface area contributed by atoms with Crippen LogP contribution >= 0.6 is 0 Å². The lowest BCUT2D eigenvalue weighted by atomic mass is 10.1. The number of nitrogens with zero attached hydrogens (tertiary/aromatic N) is 1. The van der Waals surface area contributed by atoms with Gasteiger partial charge >= 0.3 is 0 Å². The van der Waals surface area contributed by atoms with Crippen LogP contribution in [0.3, 0.4) is 0 Å². The molecule has 8 nitrogen and oxygen atoms in total. The summed E-state index contributed by atoms with van der Waals surface area (Å²) in [4.78, 5) is 34.0. The smallest absolute Gasteiger partial charge is 0.279 e. The van der Waals surface area contributed by atoms with Crippen LogP contribution in [0.25, 0.3) is 0 Å². The van der Waals surface area contributed by atoms with Crippen molar-refractivity contribution in [3.05, 3.63) is 69.8 Å². The molecule has 3 rings (SSSR count). The van der Waals surface area contributed by atoms with Crippen molar-refractivity contribution in [3.8, 4) is 5.75 Å². The van der Waals surface area contributed by atoms with Gasteiger partial charge in [0.15, 0.2) is 6.10 Å². The zero-order valence-electron chi connectivity index (χ0n) is 12.4. The number of carbonyl (C=O) groups is 2.